The number of rotatable bonds is 3. The molecule has 2 rings (SSSR count). The molecule has 0 bridgehead atoms. The van der Waals surface area contributed by atoms with Crippen LogP contribution < -0.4 is 0 Å². The van der Waals surface area contributed by atoms with E-state index in [0.29, 0.717) is 0 Å². The van der Waals surface area contributed by atoms with Crippen molar-refractivity contribution in [3.63, 3.8) is 0 Å². The molecule has 15 heavy (non-hydrogen) atoms. The molecule has 0 aliphatic heterocycles. The largest absolute Gasteiger partial charge is 0.391 e. The zero-order chi connectivity index (χ0) is 11.0. The third kappa shape index (κ3) is 1.85. The van der Waals surface area contributed by atoms with Crippen molar-refractivity contribution >= 4 is 55.6 Å². The van der Waals surface area contributed by atoms with Crippen LogP contribution in [0.25, 0.3) is 9.40 Å². The van der Waals surface area contributed by atoms with E-state index < -0.39 is 0 Å². The number of fused-ring (bicyclic) bond motifs is 1. The number of thioether (sulfide) groups is 2. The van der Waals surface area contributed by atoms with Gasteiger partial charge < -0.3 is 5.11 Å². The Hall–Kier alpha value is 0.320. The van der Waals surface area contributed by atoms with Crippen molar-refractivity contribution in [1.29, 1.82) is 0 Å². The highest BCUT2D eigenvalue weighted by molar-refractivity contribution is 8.00. The standard InChI is InChI=1S/C10H12OS4/c1-5-7(12-2)9-10(14-5)8(13-3)6(4-11)15-9/h11H,4H2,1-3H3. The molecular weight excluding hydrogens is 264 g/mol. The molecule has 0 amide bonds. The van der Waals surface area contributed by atoms with Gasteiger partial charge in [-0.15, -0.1) is 46.2 Å². The third-order valence-electron chi connectivity index (χ3n) is 2.22. The minimum Gasteiger partial charge on any atom is -0.391 e. The highest BCUT2D eigenvalue weighted by Crippen LogP contribution is 2.47. The Labute approximate surface area is 106 Å². The first kappa shape index (κ1) is 11.8. The van der Waals surface area contributed by atoms with Gasteiger partial charge in [0.25, 0.3) is 0 Å². The van der Waals surface area contributed by atoms with Crippen LogP contribution in [-0.2, 0) is 6.61 Å². The lowest BCUT2D eigenvalue weighted by molar-refractivity contribution is 0.283. The Kier molecular flexibility index (Phi) is 3.67. The summed E-state index contributed by atoms with van der Waals surface area (Å²) in [7, 11) is 0. The maximum atomic E-state index is 9.30. The first-order valence-corrected chi connectivity index (χ1v) is 8.54. The molecule has 0 saturated heterocycles. The molecule has 0 saturated carbocycles. The molecule has 1 nitrogen and oxygen atoms in total. The highest BCUT2D eigenvalue weighted by atomic mass is 32.2. The second-order valence-corrected chi connectivity index (χ2v) is 7.03. The monoisotopic (exact) mass is 276 g/mol. The zero-order valence-corrected chi connectivity index (χ0v) is 12.1. The van der Waals surface area contributed by atoms with Gasteiger partial charge >= 0.3 is 0 Å². The predicted molar refractivity (Wildman–Crippen MR) is 73.9 cm³/mol. The second-order valence-electron chi connectivity index (χ2n) is 3.07. The van der Waals surface area contributed by atoms with Gasteiger partial charge in [-0.25, -0.2) is 0 Å². The topological polar surface area (TPSA) is 20.2 Å². The van der Waals surface area contributed by atoms with Crippen LogP contribution in [0.15, 0.2) is 9.79 Å². The van der Waals surface area contributed by atoms with Gasteiger partial charge in [-0.3, -0.25) is 0 Å². The van der Waals surface area contributed by atoms with Crippen LogP contribution in [0.3, 0.4) is 0 Å². The molecule has 0 radical (unpaired) electrons. The van der Waals surface area contributed by atoms with Crippen molar-refractivity contribution in [2.24, 2.45) is 0 Å². The van der Waals surface area contributed by atoms with E-state index in [1.807, 2.05) is 11.3 Å². The number of aliphatic hydroxyl groups is 1. The van der Waals surface area contributed by atoms with Crippen molar-refractivity contribution in [3.8, 4) is 0 Å². The Morgan fingerprint density at radius 1 is 1.07 bits per heavy atom. The fourth-order valence-electron chi connectivity index (χ4n) is 1.59. The quantitative estimate of drug-likeness (QED) is 0.848. The van der Waals surface area contributed by atoms with E-state index in [4.69, 9.17) is 0 Å². The van der Waals surface area contributed by atoms with Crippen molar-refractivity contribution in [2.45, 2.75) is 23.3 Å². The molecule has 0 aliphatic rings. The smallest absolute Gasteiger partial charge is 0.0786 e. The minimum atomic E-state index is 0.162. The van der Waals surface area contributed by atoms with Gasteiger partial charge in [0.2, 0.25) is 0 Å². The molecule has 0 spiro atoms. The second kappa shape index (κ2) is 4.67. The van der Waals surface area contributed by atoms with Gasteiger partial charge in [0.05, 0.1) is 16.0 Å². The number of thiophene rings is 2. The number of aliphatic hydroxyl groups excluding tert-OH is 1. The molecule has 82 valence electrons. The molecule has 2 aromatic rings. The Morgan fingerprint density at radius 2 is 1.67 bits per heavy atom. The van der Waals surface area contributed by atoms with E-state index >= 15 is 0 Å². The van der Waals surface area contributed by atoms with Gasteiger partial charge in [-0.1, -0.05) is 0 Å². The number of hydrogen-bond acceptors (Lipinski definition) is 5. The van der Waals surface area contributed by atoms with Gasteiger partial charge in [0, 0.05) is 19.5 Å². The normalized spacial score (nSPS) is 11.5. The molecule has 2 heterocycles. The summed E-state index contributed by atoms with van der Waals surface area (Å²) in [5.74, 6) is 0. The summed E-state index contributed by atoms with van der Waals surface area (Å²) in [4.78, 5) is 5.16. The summed E-state index contributed by atoms with van der Waals surface area (Å²) in [5, 5.41) is 9.30. The Bertz CT molecular complexity index is 483. The molecule has 0 fully saturated rings. The summed E-state index contributed by atoms with van der Waals surface area (Å²) in [5.41, 5.74) is 0. The molecule has 0 aromatic carbocycles. The van der Waals surface area contributed by atoms with Crippen LogP contribution in [0.5, 0.6) is 0 Å². The molecule has 0 unspecified atom stereocenters. The van der Waals surface area contributed by atoms with Crippen LogP contribution in [-0.4, -0.2) is 17.6 Å². The average Bonchev–Trinajstić information content (AvgIpc) is 2.71. The van der Waals surface area contributed by atoms with Crippen LogP contribution in [0.2, 0.25) is 0 Å². The first-order chi connectivity index (χ1) is 7.22. The van der Waals surface area contributed by atoms with Gasteiger partial charge in [-0.2, -0.15) is 0 Å². The van der Waals surface area contributed by atoms with Crippen molar-refractivity contribution in [1.82, 2.24) is 0 Å². The number of hydrogen-bond donors (Lipinski definition) is 1. The van der Waals surface area contributed by atoms with E-state index in [1.165, 1.54) is 24.1 Å². The molecule has 1 N–H and O–H groups in total. The first-order valence-electron chi connectivity index (χ1n) is 4.46. The summed E-state index contributed by atoms with van der Waals surface area (Å²) in [6.45, 7) is 2.33. The van der Waals surface area contributed by atoms with E-state index in [0.717, 1.165) is 4.88 Å². The van der Waals surface area contributed by atoms with E-state index in [1.54, 1.807) is 34.9 Å². The van der Waals surface area contributed by atoms with Crippen molar-refractivity contribution in [2.75, 3.05) is 12.5 Å². The summed E-state index contributed by atoms with van der Waals surface area (Å²) in [6, 6.07) is 0. The summed E-state index contributed by atoms with van der Waals surface area (Å²) >= 11 is 7.13. The molecule has 0 aliphatic carbocycles. The van der Waals surface area contributed by atoms with E-state index in [9.17, 15) is 5.11 Å². The molecular formula is C10H12OS4. The zero-order valence-electron chi connectivity index (χ0n) is 8.79. The maximum absolute atomic E-state index is 9.30. The van der Waals surface area contributed by atoms with E-state index in [2.05, 4.69) is 19.4 Å². The lowest BCUT2D eigenvalue weighted by atomic mass is 10.4. The van der Waals surface area contributed by atoms with Gasteiger partial charge in [-0.05, 0) is 19.4 Å². The van der Waals surface area contributed by atoms with E-state index in [-0.39, 0.29) is 6.61 Å². The highest BCUT2D eigenvalue weighted by Gasteiger charge is 2.17. The van der Waals surface area contributed by atoms with Crippen LogP contribution in [0.1, 0.15) is 9.75 Å². The summed E-state index contributed by atoms with van der Waals surface area (Å²) in [6.07, 6.45) is 4.19. The van der Waals surface area contributed by atoms with Crippen molar-refractivity contribution in [3.05, 3.63) is 9.75 Å². The fourth-order valence-corrected chi connectivity index (χ4v) is 6.62. The molecule has 0 atom stereocenters. The SMILES string of the molecule is CSc1c(C)sc2c(SC)c(CO)sc12. The minimum absolute atomic E-state index is 0.162. The molecule has 5 heteroatoms. The van der Waals surface area contributed by atoms with Gasteiger partial charge in [0.1, 0.15) is 0 Å². The third-order valence-corrected chi connectivity index (χ3v) is 6.96. The Morgan fingerprint density at radius 3 is 2.20 bits per heavy atom. The maximum Gasteiger partial charge on any atom is 0.0786 e. The lowest BCUT2D eigenvalue weighted by Crippen LogP contribution is -1.77. The number of aryl methyl sites for hydroxylation is 1. The van der Waals surface area contributed by atoms with Crippen molar-refractivity contribution < 1.29 is 5.11 Å². The Balaban J connectivity index is 2.74. The summed E-state index contributed by atoms with van der Waals surface area (Å²) < 4.78 is 2.72. The predicted octanol–water partition coefficient (Wildman–Crippen LogP) is 4.21. The van der Waals surface area contributed by atoms with Crippen LogP contribution in [0.4, 0.5) is 0 Å². The average molecular weight is 276 g/mol. The van der Waals surface area contributed by atoms with Crippen LogP contribution >= 0.6 is 46.2 Å². The van der Waals surface area contributed by atoms with Crippen LogP contribution in [0, 0.1) is 6.92 Å². The molecule has 2 aromatic heterocycles. The lowest BCUT2D eigenvalue weighted by Gasteiger charge is -1.95. The fraction of sp³-hybridized carbons (Fsp3) is 0.400. The van der Waals surface area contributed by atoms with Gasteiger partial charge in [0.15, 0.2) is 0 Å².